The Morgan fingerprint density at radius 3 is 2.95 bits per heavy atom. The molecule has 1 atom stereocenters. The van der Waals surface area contributed by atoms with Gasteiger partial charge in [-0.05, 0) is 18.4 Å². The molecule has 112 valence electrons. The van der Waals surface area contributed by atoms with Crippen molar-refractivity contribution in [2.75, 3.05) is 23.4 Å². The van der Waals surface area contributed by atoms with Crippen LogP contribution in [-0.4, -0.2) is 36.4 Å². The van der Waals surface area contributed by atoms with Crippen LogP contribution in [0.15, 0.2) is 22.6 Å². The molecule has 1 unspecified atom stereocenters. The topological polar surface area (TPSA) is 115 Å². The van der Waals surface area contributed by atoms with Crippen LogP contribution in [0.25, 0.3) is 11.1 Å². The Balaban J connectivity index is 1.76. The lowest BCUT2D eigenvalue weighted by Crippen LogP contribution is -2.15. The molecule has 9 heteroatoms. The van der Waals surface area contributed by atoms with Crippen LogP contribution >= 0.6 is 0 Å². The highest BCUT2D eigenvalue weighted by atomic mass is 32.2. The lowest BCUT2D eigenvalue weighted by atomic mass is 10.1. The van der Waals surface area contributed by atoms with Gasteiger partial charge in [-0.3, -0.25) is 10.1 Å². The summed E-state index contributed by atoms with van der Waals surface area (Å²) in [5.74, 6) is 0.374. The van der Waals surface area contributed by atoms with E-state index in [0.29, 0.717) is 18.5 Å². The minimum Gasteiger partial charge on any atom is -0.423 e. The number of hydrogen-bond acceptors (Lipinski definition) is 7. The number of anilines is 1. The zero-order valence-corrected chi connectivity index (χ0v) is 11.8. The van der Waals surface area contributed by atoms with Crippen LogP contribution in [0.5, 0.6) is 0 Å². The van der Waals surface area contributed by atoms with E-state index < -0.39 is 14.8 Å². The van der Waals surface area contributed by atoms with Crippen LogP contribution in [-0.2, 0) is 9.84 Å². The Kier molecular flexibility index (Phi) is 3.28. The number of nitro benzene ring substituents is 1. The number of sulfone groups is 1. The van der Waals surface area contributed by atoms with Gasteiger partial charge in [-0.1, -0.05) is 6.07 Å². The summed E-state index contributed by atoms with van der Waals surface area (Å²) >= 11 is 0. The van der Waals surface area contributed by atoms with Gasteiger partial charge in [0, 0.05) is 12.6 Å². The van der Waals surface area contributed by atoms with Crippen LogP contribution < -0.4 is 5.32 Å². The second kappa shape index (κ2) is 4.99. The predicted molar refractivity (Wildman–Crippen MR) is 75.9 cm³/mol. The number of hydrogen-bond donors (Lipinski definition) is 1. The first-order valence-electron chi connectivity index (χ1n) is 6.43. The molecule has 2 aromatic rings. The Labute approximate surface area is 120 Å². The Hall–Kier alpha value is -2.16. The largest absolute Gasteiger partial charge is 0.423 e. The van der Waals surface area contributed by atoms with Gasteiger partial charge >= 0.3 is 0 Å². The molecule has 0 radical (unpaired) electrons. The van der Waals surface area contributed by atoms with Gasteiger partial charge in [0.05, 0.1) is 16.4 Å². The maximum absolute atomic E-state index is 11.4. The maximum Gasteiger partial charge on any atom is 0.298 e. The number of rotatable bonds is 4. The SMILES string of the molecule is O=[N+]([O-])c1cccc2oc(NCC3CCS(=O)(=O)C3)nc12. The first kappa shape index (κ1) is 13.8. The number of para-hydroxylation sites is 1. The van der Waals surface area contributed by atoms with E-state index in [1.807, 2.05) is 0 Å². The van der Waals surface area contributed by atoms with E-state index in [2.05, 4.69) is 10.3 Å². The minimum absolute atomic E-state index is 0.0139. The summed E-state index contributed by atoms with van der Waals surface area (Å²) in [6.07, 6.45) is 0.607. The van der Waals surface area contributed by atoms with Gasteiger partial charge < -0.3 is 9.73 Å². The predicted octanol–water partition coefficient (Wildman–Crippen LogP) is 1.58. The molecule has 1 aromatic heterocycles. The van der Waals surface area contributed by atoms with Gasteiger partial charge in [0.2, 0.25) is 0 Å². The average Bonchev–Trinajstić information content (AvgIpc) is 2.98. The zero-order chi connectivity index (χ0) is 15.0. The number of benzene rings is 1. The molecule has 2 heterocycles. The fourth-order valence-corrected chi connectivity index (χ4v) is 4.28. The van der Waals surface area contributed by atoms with Crippen LogP contribution in [0, 0.1) is 16.0 Å². The van der Waals surface area contributed by atoms with E-state index in [1.165, 1.54) is 12.1 Å². The molecule has 0 aliphatic carbocycles. The summed E-state index contributed by atoms with van der Waals surface area (Å²) in [7, 11) is -2.92. The van der Waals surface area contributed by atoms with E-state index >= 15 is 0 Å². The normalized spacial score (nSPS) is 20.7. The second-order valence-electron chi connectivity index (χ2n) is 5.05. The molecule has 1 aromatic carbocycles. The number of nitrogens with one attached hydrogen (secondary N) is 1. The fraction of sp³-hybridized carbons (Fsp3) is 0.417. The van der Waals surface area contributed by atoms with Gasteiger partial charge in [0.25, 0.3) is 11.7 Å². The molecule has 1 N–H and O–H groups in total. The highest BCUT2D eigenvalue weighted by Crippen LogP contribution is 2.27. The average molecular weight is 311 g/mol. The highest BCUT2D eigenvalue weighted by Gasteiger charge is 2.28. The monoisotopic (exact) mass is 311 g/mol. The van der Waals surface area contributed by atoms with Gasteiger partial charge in [-0.25, -0.2) is 8.42 Å². The van der Waals surface area contributed by atoms with E-state index in [4.69, 9.17) is 4.42 Å². The molecule has 1 saturated heterocycles. The van der Waals surface area contributed by atoms with E-state index in [9.17, 15) is 18.5 Å². The molecule has 0 spiro atoms. The standard InChI is InChI=1S/C12H13N3O5S/c16-15(17)9-2-1-3-10-11(9)14-12(20-10)13-6-8-4-5-21(18,19)7-8/h1-3,8H,4-7H2,(H,13,14). The van der Waals surface area contributed by atoms with E-state index in [-0.39, 0.29) is 34.6 Å². The van der Waals surface area contributed by atoms with Crippen molar-refractivity contribution in [3.8, 4) is 0 Å². The Morgan fingerprint density at radius 1 is 1.48 bits per heavy atom. The van der Waals surface area contributed by atoms with Crippen LogP contribution in [0.4, 0.5) is 11.7 Å². The smallest absolute Gasteiger partial charge is 0.298 e. The van der Waals surface area contributed by atoms with Crippen molar-refractivity contribution in [3.63, 3.8) is 0 Å². The quantitative estimate of drug-likeness (QED) is 0.673. The van der Waals surface area contributed by atoms with Gasteiger partial charge in [0.15, 0.2) is 20.9 Å². The minimum atomic E-state index is -2.92. The molecule has 0 saturated carbocycles. The van der Waals surface area contributed by atoms with E-state index in [1.54, 1.807) is 6.07 Å². The molecule has 1 aliphatic rings. The van der Waals surface area contributed by atoms with Gasteiger partial charge in [-0.2, -0.15) is 4.98 Å². The Bertz CT molecular complexity index is 798. The summed E-state index contributed by atoms with van der Waals surface area (Å²) in [5, 5.41) is 13.8. The second-order valence-corrected chi connectivity index (χ2v) is 7.28. The number of non-ortho nitro benzene ring substituents is 1. The molecule has 0 bridgehead atoms. The maximum atomic E-state index is 11.4. The van der Waals surface area contributed by atoms with Crippen molar-refractivity contribution < 1.29 is 17.8 Å². The summed E-state index contributed by atoms with van der Waals surface area (Å²) < 4.78 is 28.1. The molecule has 3 rings (SSSR count). The van der Waals surface area contributed by atoms with Gasteiger partial charge in [0.1, 0.15) is 0 Å². The third-order valence-corrected chi connectivity index (χ3v) is 5.30. The Morgan fingerprint density at radius 2 is 2.29 bits per heavy atom. The lowest BCUT2D eigenvalue weighted by Gasteiger charge is -2.06. The van der Waals surface area contributed by atoms with Crippen molar-refractivity contribution in [3.05, 3.63) is 28.3 Å². The van der Waals surface area contributed by atoms with Crippen molar-refractivity contribution in [1.29, 1.82) is 0 Å². The molecular formula is C12H13N3O5S. The molecule has 1 aliphatic heterocycles. The third-order valence-electron chi connectivity index (χ3n) is 3.46. The summed E-state index contributed by atoms with van der Waals surface area (Å²) in [6, 6.07) is 4.65. The third kappa shape index (κ3) is 2.82. The summed E-state index contributed by atoms with van der Waals surface area (Å²) in [4.78, 5) is 14.4. The van der Waals surface area contributed by atoms with Crippen LogP contribution in [0.3, 0.4) is 0 Å². The zero-order valence-electron chi connectivity index (χ0n) is 11.0. The molecule has 21 heavy (non-hydrogen) atoms. The van der Waals surface area contributed by atoms with Gasteiger partial charge in [-0.15, -0.1) is 0 Å². The summed E-state index contributed by atoms with van der Waals surface area (Å²) in [6.45, 7) is 0.417. The molecule has 0 amide bonds. The van der Waals surface area contributed by atoms with Crippen molar-refractivity contribution in [2.24, 2.45) is 5.92 Å². The molecular weight excluding hydrogens is 298 g/mol. The number of fused-ring (bicyclic) bond motifs is 1. The number of aromatic nitrogens is 1. The molecule has 1 fully saturated rings. The number of oxazole rings is 1. The van der Waals surface area contributed by atoms with Crippen molar-refractivity contribution in [2.45, 2.75) is 6.42 Å². The van der Waals surface area contributed by atoms with Crippen LogP contribution in [0.2, 0.25) is 0 Å². The summed E-state index contributed by atoms with van der Waals surface area (Å²) in [5.41, 5.74) is 0.391. The fourth-order valence-electron chi connectivity index (χ4n) is 2.42. The number of nitro groups is 1. The van der Waals surface area contributed by atoms with Crippen molar-refractivity contribution in [1.82, 2.24) is 4.98 Å². The van der Waals surface area contributed by atoms with E-state index in [0.717, 1.165) is 0 Å². The van der Waals surface area contributed by atoms with Crippen LogP contribution in [0.1, 0.15) is 6.42 Å². The van der Waals surface area contributed by atoms with Crippen molar-refractivity contribution >= 4 is 32.6 Å². The first-order chi connectivity index (χ1) is 9.94. The number of nitrogens with zero attached hydrogens (tertiary/aromatic N) is 2. The molecule has 8 nitrogen and oxygen atoms in total. The lowest BCUT2D eigenvalue weighted by molar-refractivity contribution is -0.383. The highest BCUT2D eigenvalue weighted by molar-refractivity contribution is 7.91. The first-order valence-corrected chi connectivity index (χ1v) is 8.25.